The van der Waals surface area contributed by atoms with Gasteiger partial charge >= 0.3 is 0 Å². The molecule has 4 nitrogen and oxygen atoms in total. The average molecular weight is 231 g/mol. The van der Waals surface area contributed by atoms with Crippen molar-refractivity contribution in [1.29, 1.82) is 0 Å². The maximum atomic E-state index is 9.27. The van der Waals surface area contributed by atoms with E-state index in [1.807, 2.05) is 34.9 Å². The van der Waals surface area contributed by atoms with Crippen LogP contribution in [0.2, 0.25) is 0 Å². The fourth-order valence-electron chi connectivity index (χ4n) is 1.81. The van der Waals surface area contributed by atoms with Crippen molar-refractivity contribution in [3.8, 4) is 11.4 Å². The highest BCUT2D eigenvalue weighted by Gasteiger charge is 2.13. The molecule has 0 unspecified atom stereocenters. The van der Waals surface area contributed by atoms with Gasteiger partial charge in [0, 0.05) is 12.1 Å². The van der Waals surface area contributed by atoms with E-state index in [4.69, 9.17) is 0 Å². The summed E-state index contributed by atoms with van der Waals surface area (Å²) in [4.78, 5) is 0. The quantitative estimate of drug-likeness (QED) is 0.876. The van der Waals surface area contributed by atoms with Crippen molar-refractivity contribution in [2.24, 2.45) is 5.92 Å². The summed E-state index contributed by atoms with van der Waals surface area (Å²) < 4.78 is 1.99. The van der Waals surface area contributed by atoms with Crippen molar-refractivity contribution in [2.45, 2.75) is 27.0 Å². The lowest BCUT2D eigenvalue weighted by molar-refractivity contribution is 0.262. The molecule has 0 spiro atoms. The Morgan fingerprint density at radius 3 is 2.47 bits per heavy atom. The van der Waals surface area contributed by atoms with E-state index in [1.165, 1.54) is 0 Å². The second-order valence-corrected chi connectivity index (χ2v) is 4.47. The summed E-state index contributed by atoms with van der Waals surface area (Å²) in [7, 11) is 0. The Morgan fingerprint density at radius 1 is 1.18 bits per heavy atom. The van der Waals surface area contributed by atoms with Crippen LogP contribution in [0.1, 0.15) is 19.7 Å². The Balaban J connectivity index is 2.44. The molecule has 0 bridgehead atoms. The molecule has 2 rings (SSSR count). The molecule has 17 heavy (non-hydrogen) atoms. The summed E-state index contributed by atoms with van der Waals surface area (Å²) in [6.07, 6.45) is 0. The largest absolute Gasteiger partial charge is 0.388 e. The number of rotatable bonds is 4. The number of hydrogen-bond acceptors (Lipinski definition) is 3. The van der Waals surface area contributed by atoms with Gasteiger partial charge in [-0.3, -0.25) is 0 Å². The van der Waals surface area contributed by atoms with Crippen molar-refractivity contribution in [1.82, 2.24) is 14.8 Å². The second-order valence-electron chi connectivity index (χ2n) is 4.47. The highest BCUT2D eigenvalue weighted by Crippen LogP contribution is 2.19. The number of aliphatic hydroxyl groups is 1. The molecule has 90 valence electrons. The predicted octanol–water partition coefficient (Wildman–Crippen LogP) is 2.09. The minimum absolute atomic E-state index is 0.0768. The summed E-state index contributed by atoms with van der Waals surface area (Å²) in [5.41, 5.74) is 1.03. The van der Waals surface area contributed by atoms with Gasteiger partial charge in [0.15, 0.2) is 11.6 Å². The Morgan fingerprint density at radius 2 is 1.88 bits per heavy atom. The number of hydrogen-bond donors (Lipinski definition) is 1. The third-order valence-corrected chi connectivity index (χ3v) is 2.55. The molecule has 1 N–H and O–H groups in total. The van der Waals surface area contributed by atoms with Crippen LogP contribution in [0.25, 0.3) is 11.4 Å². The average Bonchev–Trinajstić information content (AvgIpc) is 2.72. The summed E-state index contributed by atoms with van der Waals surface area (Å²) in [6, 6.07) is 9.92. The number of aromatic nitrogens is 3. The Bertz CT molecular complexity index is 477. The van der Waals surface area contributed by atoms with Crippen LogP contribution < -0.4 is 0 Å². The van der Waals surface area contributed by atoms with Crippen LogP contribution >= 0.6 is 0 Å². The van der Waals surface area contributed by atoms with E-state index < -0.39 is 0 Å². The molecule has 0 saturated carbocycles. The van der Waals surface area contributed by atoms with E-state index >= 15 is 0 Å². The normalized spacial score (nSPS) is 11.1. The molecule has 0 fully saturated rings. The zero-order valence-corrected chi connectivity index (χ0v) is 10.2. The molecule has 1 heterocycles. The topological polar surface area (TPSA) is 50.9 Å². The molecule has 0 aliphatic rings. The summed E-state index contributed by atoms with van der Waals surface area (Å²) in [5.74, 6) is 1.93. The SMILES string of the molecule is CC(C)Cn1c(CO)nnc1-c1ccccc1. The van der Waals surface area contributed by atoms with E-state index in [-0.39, 0.29) is 6.61 Å². The first-order chi connectivity index (χ1) is 8.22. The smallest absolute Gasteiger partial charge is 0.164 e. The number of nitrogens with zero attached hydrogens (tertiary/aromatic N) is 3. The molecule has 0 radical (unpaired) electrons. The van der Waals surface area contributed by atoms with E-state index in [2.05, 4.69) is 24.0 Å². The van der Waals surface area contributed by atoms with Crippen LogP contribution in [0.15, 0.2) is 30.3 Å². The fourth-order valence-corrected chi connectivity index (χ4v) is 1.81. The first-order valence-corrected chi connectivity index (χ1v) is 5.80. The van der Waals surface area contributed by atoms with Crippen LogP contribution in [0.3, 0.4) is 0 Å². The van der Waals surface area contributed by atoms with Crippen LogP contribution in [0, 0.1) is 5.92 Å². The standard InChI is InChI=1S/C13H17N3O/c1-10(2)8-16-12(9-17)14-15-13(16)11-6-4-3-5-7-11/h3-7,10,17H,8-9H2,1-2H3. The van der Waals surface area contributed by atoms with Gasteiger partial charge < -0.3 is 9.67 Å². The molecule has 4 heteroatoms. The van der Waals surface area contributed by atoms with E-state index in [0.717, 1.165) is 17.9 Å². The highest BCUT2D eigenvalue weighted by molar-refractivity contribution is 5.54. The molecule has 2 aromatic rings. The number of benzene rings is 1. The maximum absolute atomic E-state index is 9.27. The Labute approximate surface area is 101 Å². The molecular formula is C13H17N3O. The van der Waals surface area contributed by atoms with Crippen molar-refractivity contribution in [3.05, 3.63) is 36.2 Å². The van der Waals surface area contributed by atoms with Crippen LogP contribution in [-0.4, -0.2) is 19.9 Å². The van der Waals surface area contributed by atoms with Crippen molar-refractivity contribution in [3.63, 3.8) is 0 Å². The van der Waals surface area contributed by atoms with Crippen molar-refractivity contribution < 1.29 is 5.11 Å². The molecule has 0 aliphatic heterocycles. The van der Waals surface area contributed by atoms with E-state index in [9.17, 15) is 5.11 Å². The van der Waals surface area contributed by atoms with Gasteiger partial charge in [-0.05, 0) is 5.92 Å². The summed E-state index contributed by atoms with van der Waals surface area (Å²) in [5, 5.41) is 17.5. The van der Waals surface area contributed by atoms with Gasteiger partial charge in [-0.15, -0.1) is 10.2 Å². The van der Waals surface area contributed by atoms with Crippen LogP contribution in [0.4, 0.5) is 0 Å². The zero-order valence-electron chi connectivity index (χ0n) is 10.2. The number of aliphatic hydroxyl groups excluding tert-OH is 1. The fraction of sp³-hybridized carbons (Fsp3) is 0.385. The van der Waals surface area contributed by atoms with Gasteiger partial charge in [0.05, 0.1) is 0 Å². The summed E-state index contributed by atoms with van der Waals surface area (Å²) >= 11 is 0. The predicted molar refractivity (Wildman–Crippen MR) is 66.2 cm³/mol. The van der Waals surface area contributed by atoms with Gasteiger partial charge in [0.2, 0.25) is 0 Å². The molecule has 0 saturated heterocycles. The molecule has 1 aromatic carbocycles. The molecule has 0 aliphatic carbocycles. The lowest BCUT2D eigenvalue weighted by Gasteiger charge is -2.11. The van der Waals surface area contributed by atoms with Gasteiger partial charge in [0.1, 0.15) is 6.61 Å². The minimum atomic E-state index is -0.0768. The first kappa shape index (κ1) is 11.8. The minimum Gasteiger partial charge on any atom is -0.388 e. The maximum Gasteiger partial charge on any atom is 0.164 e. The lowest BCUT2D eigenvalue weighted by Crippen LogP contribution is -2.10. The Kier molecular flexibility index (Phi) is 3.54. The van der Waals surface area contributed by atoms with E-state index in [0.29, 0.717) is 11.7 Å². The van der Waals surface area contributed by atoms with Gasteiger partial charge in [0.25, 0.3) is 0 Å². The third kappa shape index (κ3) is 2.53. The Hall–Kier alpha value is -1.68. The lowest BCUT2D eigenvalue weighted by atomic mass is 10.2. The van der Waals surface area contributed by atoms with E-state index in [1.54, 1.807) is 0 Å². The molecule has 0 amide bonds. The highest BCUT2D eigenvalue weighted by atomic mass is 16.3. The third-order valence-electron chi connectivity index (χ3n) is 2.55. The monoisotopic (exact) mass is 231 g/mol. The van der Waals surface area contributed by atoms with Gasteiger partial charge in [-0.25, -0.2) is 0 Å². The zero-order chi connectivity index (χ0) is 12.3. The molecule has 1 aromatic heterocycles. The summed E-state index contributed by atoms with van der Waals surface area (Å²) in [6.45, 7) is 5.01. The van der Waals surface area contributed by atoms with Gasteiger partial charge in [-0.2, -0.15) is 0 Å². The molecular weight excluding hydrogens is 214 g/mol. The van der Waals surface area contributed by atoms with Gasteiger partial charge in [-0.1, -0.05) is 44.2 Å². The van der Waals surface area contributed by atoms with Crippen molar-refractivity contribution in [2.75, 3.05) is 0 Å². The second kappa shape index (κ2) is 5.10. The first-order valence-electron chi connectivity index (χ1n) is 5.80. The van der Waals surface area contributed by atoms with Crippen LogP contribution in [-0.2, 0) is 13.2 Å². The van der Waals surface area contributed by atoms with Crippen LogP contribution in [0.5, 0.6) is 0 Å². The molecule has 0 atom stereocenters. The van der Waals surface area contributed by atoms with Crippen molar-refractivity contribution >= 4 is 0 Å².